The summed E-state index contributed by atoms with van der Waals surface area (Å²) in [6.45, 7) is 0. The molecule has 2 rings (SSSR count). The molecule has 0 fully saturated rings. The van der Waals surface area contributed by atoms with Crippen LogP contribution in [0.5, 0.6) is 0 Å². The van der Waals surface area contributed by atoms with E-state index in [0.717, 1.165) is 4.90 Å². The van der Waals surface area contributed by atoms with Crippen molar-refractivity contribution >= 4 is 11.8 Å². The smallest absolute Gasteiger partial charge is 0.201 e. The van der Waals surface area contributed by atoms with E-state index in [-0.39, 0.29) is 12.0 Å². The molecule has 64 valence electrons. The van der Waals surface area contributed by atoms with Gasteiger partial charge >= 0.3 is 0 Å². The van der Waals surface area contributed by atoms with Crippen LogP contribution >= 0.6 is 11.8 Å². The highest BCUT2D eigenvalue weighted by Gasteiger charge is 2.36. The Labute approximate surface area is 74.0 Å². The van der Waals surface area contributed by atoms with E-state index in [2.05, 4.69) is 0 Å². The van der Waals surface area contributed by atoms with Gasteiger partial charge in [-0.2, -0.15) is 0 Å². The predicted octanol–water partition coefficient (Wildman–Crippen LogP) is 3.27. The zero-order valence-corrected chi connectivity index (χ0v) is 7.20. The molecule has 3 heteroatoms. The molecule has 0 aromatic heterocycles. The Morgan fingerprint density at radius 3 is 2.75 bits per heavy atom. The molecule has 0 nitrogen and oxygen atoms in total. The van der Waals surface area contributed by atoms with Crippen molar-refractivity contribution in [2.75, 3.05) is 5.75 Å². The van der Waals surface area contributed by atoms with E-state index < -0.39 is 5.92 Å². The second-order valence-corrected chi connectivity index (χ2v) is 3.94. The van der Waals surface area contributed by atoms with Gasteiger partial charge in [-0.25, -0.2) is 8.78 Å². The fourth-order valence-corrected chi connectivity index (χ4v) is 2.44. The van der Waals surface area contributed by atoms with E-state index in [1.54, 1.807) is 18.2 Å². The van der Waals surface area contributed by atoms with Crippen LogP contribution in [-0.2, 0) is 5.92 Å². The molecule has 1 aromatic carbocycles. The van der Waals surface area contributed by atoms with Gasteiger partial charge in [-0.15, -0.1) is 11.8 Å². The number of hydrogen-bond acceptors (Lipinski definition) is 1. The van der Waals surface area contributed by atoms with Crippen LogP contribution in [0, 0.1) is 0 Å². The predicted molar refractivity (Wildman–Crippen MR) is 45.7 cm³/mol. The van der Waals surface area contributed by atoms with E-state index >= 15 is 0 Å². The van der Waals surface area contributed by atoms with E-state index in [4.69, 9.17) is 0 Å². The van der Waals surface area contributed by atoms with E-state index in [1.165, 1.54) is 17.8 Å². The Morgan fingerprint density at radius 2 is 2.00 bits per heavy atom. The van der Waals surface area contributed by atoms with Gasteiger partial charge in [-0.1, -0.05) is 18.2 Å². The second kappa shape index (κ2) is 2.73. The summed E-state index contributed by atoms with van der Waals surface area (Å²) in [7, 11) is 0. The molecule has 0 unspecified atom stereocenters. The van der Waals surface area contributed by atoms with Gasteiger partial charge in [-0.3, -0.25) is 0 Å². The maximum Gasteiger partial charge on any atom is 0.275 e. The third-order valence-corrected chi connectivity index (χ3v) is 3.03. The standard InChI is InChI=1S/C9H8F2S/c10-9(11)5-6-12-8-4-2-1-3-7(8)9/h1-4H,5-6H2. The van der Waals surface area contributed by atoms with E-state index in [9.17, 15) is 8.78 Å². The fourth-order valence-electron chi connectivity index (χ4n) is 1.32. The van der Waals surface area contributed by atoms with Crippen molar-refractivity contribution in [2.24, 2.45) is 0 Å². The quantitative estimate of drug-likeness (QED) is 0.599. The number of fused-ring (bicyclic) bond motifs is 1. The van der Waals surface area contributed by atoms with Crippen molar-refractivity contribution in [2.45, 2.75) is 17.2 Å². The highest BCUT2D eigenvalue weighted by atomic mass is 32.2. The van der Waals surface area contributed by atoms with Crippen LogP contribution in [0.2, 0.25) is 0 Å². The number of thioether (sulfide) groups is 1. The summed E-state index contributed by atoms with van der Waals surface area (Å²) in [5.74, 6) is -2.09. The van der Waals surface area contributed by atoms with Crippen LogP contribution in [0.15, 0.2) is 29.2 Å². The summed E-state index contributed by atoms with van der Waals surface area (Å²) >= 11 is 1.51. The van der Waals surface area contributed by atoms with Crippen molar-refractivity contribution in [3.8, 4) is 0 Å². The molecule has 1 aliphatic heterocycles. The molecule has 0 saturated carbocycles. The first kappa shape index (κ1) is 8.05. The number of rotatable bonds is 0. The lowest BCUT2D eigenvalue weighted by atomic mass is 10.1. The average molecular weight is 186 g/mol. The number of hydrogen-bond donors (Lipinski definition) is 0. The van der Waals surface area contributed by atoms with Gasteiger partial charge in [0.15, 0.2) is 0 Å². The van der Waals surface area contributed by atoms with Crippen LogP contribution < -0.4 is 0 Å². The minimum atomic E-state index is -2.61. The molecule has 0 bridgehead atoms. The number of halogens is 2. The lowest BCUT2D eigenvalue weighted by Crippen LogP contribution is -2.19. The van der Waals surface area contributed by atoms with Crippen LogP contribution in [0.3, 0.4) is 0 Å². The van der Waals surface area contributed by atoms with Gasteiger partial charge in [0, 0.05) is 22.6 Å². The lowest BCUT2D eigenvalue weighted by Gasteiger charge is -2.24. The molecule has 1 heterocycles. The van der Waals surface area contributed by atoms with E-state index in [1.807, 2.05) is 0 Å². The third-order valence-electron chi connectivity index (χ3n) is 1.95. The summed E-state index contributed by atoms with van der Waals surface area (Å²) in [4.78, 5) is 0.730. The average Bonchev–Trinajstić information content (AvgIpc) is 2.04. The normalized spacial score (nSPS) is 20.2. The summed E-state index contributed by atoms with van der Waals surface area (Å²) in [5, 5.41) is 0. The highest BCUT2D eigenvalue weighted by molar-refractivity contribution is 7.99. The molecule has 0 saturated heterocycles. The molecule has 1 aliphatic rings. The van der Waals surface area contributed by atoms with Crippen molar-refractivity contribution in [1.29, 1.82) is 0 Å². The molecule has 1 aromatic rings. The lowest BCUT2D eigenvalue weighted by molar-refractivity contribution is -0.0115. The summed E-state index contributed by atoms with van der Waals surface area (Å²) in [5.41, 5.74) is 0.196. The molecule has 0 atom stereocenters. The first-order valence-electron chi connectivity index (χ1n) is 3.80. The fraction of sp³-hybridized carbons (Fsp3) is 0.333. The zero-order chi connectivity index (χ0) is 8.60. The van der Waals surface area contributed by atoms with Gasteiger partial charge in [-0.05, 0) is 6.07 Å². The van der Waals surface area contributed by atoms with Crippen molar-refractivity contribution < 1.29 is 8.78 Å². The van der Waals surface area contributed by atoms with Crippen molar-refractivity contribution in [3.63, 3.8) is 0 Å². The summed E-state index contributed by atoms with van der Waals surface area (Å²) in [6, 6.07) is 6.74. The SMILES string of the molecule is FC1(F)CCSc2ccccc21. The largest absolute Gasteiger partial charge is 0.275 e. The zero-order valence-electron chi connectivity index (χ0n) is 6.39. The van der Waals surface area contributed by atoms with Crippen LogP contribution in [0.1, 0.15) is 12.0 Å². The van der Waals surface area contributed by atoms with Crippen molar-refractivity contribution in [1.82, 2.24) is 0 Å². The van der Waals surface area contributed by atoms with Gasteiger partial charge in [0.05, 0.1) is 0 Å². The Morgan fingerprint density at radius 1 is 1.25 bits per heavy atom. The van der Waals surface area contributed by atoms with E-state index in [0.29, 0.717) is 5.75 Å². The molecule has 0 amide bonds. The van der Waals surface area contributed by atoms with Gasteiger partial charge in [0.25, 0.3) is 5.92 Å². The molecule has 0 radical (unpaired) electrons. The molecular weight excluding hydrogens is 178 g/mol. The first-order valence-corrected chi connectivity index (χ1v) is 4.79. The van der Waals surface area contributed by atoms with Crippen molar-refractivity contribution in [3.05, 3.63) is 29.8 Å². The molecule has 0 spiro atoms. The maximum atomic E-state index is 13.2. The molecule has 12 heavy (non-hydrogen) atoms. The van der Waals surface area contributed by atoms with Gasteiger partial charge in [0.2, 0.25) is 0 Å². The topological polar surface area (TPSA) is 0 Å². The Balaban J connectivity index is 2.52. The number of alkyl halides is 2. The highest BCUT2D eigenvalue weighted by Crippen LogP contribution is 2.43. The Bertz CT molecular complexity index is 296. The van der Waals surface area contributed by atoms with Gasteiger partial charge in [0.1, 0.15) is 0 Å². The first-order chi connectivity index (χ1) is 5.70. The van der Waals surface area contributed by atoms with Crippen LogP contribution in [0.25, 0.3) is 0 Å². The molecule has 0 N–H and O–H groups in total. The monoisotopic (exact) mass is 186 g/mol. The van der Waals surface area contributed by atoms with Crippen LogP contribution in [-0.4, -0.2) is 5.75 Å². The molecular formula is C9H8F2S. The number of benzene rings is 1. The van der Waals surface area contributed by atoms with Crippen LogP contribution in [0.4, 0.5) is 8.78 Å². The third kappa shape index (κ3) is 1.22. The second-order valence-electron chi connectivity index (χ2n) is 2.80. The Kier molecular flexibility index (Phi) is 1.83. The minimum Gasteiger partial charge on any atom is -0.201 e. The summed E-state index contributed by atoms with van der Waals surface area (Å²) in [6.07, 6.45) is -0.0331. The Hall–Kier alpha value is -0.570. The van der Waals surface area contributed by atoms with Gasteiger partial charge < -0.3 is 0 Å². The molecule has 0 aliphatic carbocycles. The minimum absolute atomic E-state index is 0.0331. The summed E-state index contributed by atoms with van der Waals surface area (Å²) < 4.78 is 26.4. The maximum absolute atomic E-state index is 13.2.